The van der Waals surface area contributed by atoms with Crippen molar-refractivity contribution in [3.05, 3.63) is 27.7 Å². The van der Waals surface area contributed by atoms with Gasteiger partial charge in [-0.2, -0.15) is 0 Å². The van der Waals surface area contributed by atoms with E-state index in [1.807, 2.05) is 12.1 Å². The van der Waals surface area contributed by atoms with Gasteiger partial charge in [0.1, 0.15) is 5.75 Å². The molecule has 0 saturated heterocycles. The van der Waals surface area contributed by atoms with Crippen LogP contribution >= 0.6 is 23.2 Å². The molecule has 0 heterocycles. The highest BCUT2D eigenvalue weighted by Crippen LogP contribution is 2.41. The summed E-state index contributed by atoms with van der Waals surface area (Å²) in [6.45, 7) is 11.2. The number of hydrogen-bond acceptors (Lipinski definition) is 2. The summed E-state index contributed by atoms with van der Waals surface area (Å²) in [6, 6.07) is 3.88. The number of aliphatic hydroxyl groups is 1. The first-order chi connectivity index (χ1) is 9.58. The lowest BCUT2D eigenvalue weighted by atomic mass is 10.1. The third kappa shape index (κ3) is 5.17. The Morgan fingerprint density at radius 2 is 1.76 bits per heavy atom. The predicted octanol–water partition coefficient (Wildman–Crippen LogP) is 5.69. The van der Waals surface area contributed by atoms with E-state index in [-0.39, 0.29) is 11.6 Å². The van der Waals surface area contributed by atoms with Gasteiger partial charge in [-0.3, -0.25) is 0 Å². The van der Waals surface area contributed by atoms with E-state index in [1.165, 1.54) is 0 Å². The molecule has 21 heavy (non-hydrogen) atoms. The molecule has 1 aromatic carbocycles. The highest BCUT2D eigenvalue weighted by Gasteiger charge is 2.39. The summed E-state index contributed by atoms with van der Waals surface area (Å²) >= 11 is 12.5. The maximum absolute atomic E-state index is 8.87. The van der Waals surface area contributed by atoms with Crippen LogP contribution in [-0.2, 0) is 6.42 Å². The third-order valence-corrected chi connectivity index (χ3v) is 9.23. The quantitative estimate of drug-likeness (QED) is 0.528. The number of benzene rings is 1. The average molecular weight is 349 g/mol. The molecule has 0 aliphatic heterocycles. The number of hydrogen-bond donors (Lipinski definition) is 1. The molecule has 0 bridgehead atoms. The molecular weight excluding hydrogens is 323 g/mol. The van der Waals surface area contributed by atoms with E-state index in [0.29, 0.717) is 15.8 Å². The second-order valence-corrected chi connectivity index (χ2v) is 12.4. The van der Waals surface area contributed by atoms with Crippen LogP contribution in [0.25, 0.3) is 0 Å². The van der Waals surface area contributed by atoms with Gasteiger partial charge >= 0.3 is 0 Å². The molecule has 0 aromatic heterocycles. The number of rotatable bonds is 6. The molecule has 0 spiro atoms. The van der Waals surface area contributed by atoms with Crippen molar-refractivity contribution in [2.75, 3.05) is 6.61 Å². The van der Waals surface area contributed by atoms with E-state index < -0.39 is 8.32 Å². The molecule has 1 rings (SSSR count). The van der Waals surface area contributed by atoms with Crippen LogP contribution in [0.2, 0.25) is 28.2 Å². The minimum absolute atomic E-state index is 0.107. The zero-order valence-corrected chi connectivity index (χ0v) is 16.1. The summed E-state index contributed by atoms with van der Waals surface area (Å²) < 4.78 is 6.30. The van der Waals surface area contributed by atoms with E-state index in [1.54, 1.807) is 0 Å². The van der Waals surface area contributed by atoms with Gasteiger partial charge in [-0.1, -0.05) is 44.0 Å². The van der Waals surface area contributed by atoms with Crippen molar-refractivity contribution in [2.24, 2.45) is 0 Å². The van der Waals surface area contributed by atoms with Crippen LogP contribution in [-0.4, -0.2) is 20.0 Å². The van der Waals surface area contributed by atoms with E-state index in [0.717, 1.165) is 24.8 Å². The average Bonchev–Trinajstić information content (AvgIpc) is 2.34. The first-order valence-corrected chi connectivity index (χ1v) is 11.0. The molecule has 2 nitrogen and oxygen atoms in total. The van der Waals surface area contributed by atoms with E-state index >= 15 is 0 Å². The molecule has 0 fully saturated rings. The Morgan fingerprint density at radius 3 is 2.29 bits per heavy atom. The first-order valence-electron chi connectivity index (χ1n) is 7.36. The molecular formula is C16H26Cl2O2Si. The fraction of sp³-hybridized carbons (Fsp3) is 0.625. The third-order valence-electron chi connectivity index (χ3n) is 4.10. The molecule has 120 valence electrons. The molecule has 0 aliphatic rings. The van der Waals surface area contributed by atoms with Gasteiger partial charge in [-0.25, -0.2) is 0 Å². The number of aliphatic hydroxyl groups excluding tert-OH is 1. The lowest BCUT2D eigenvalue weighted by Gasteiger charge is -2.36. The minimum atomic E-state index is -1.94. The monoisotopic (exact) mass is 348 g/mol. The predicted molar refractivity (Wildman–Crippen MR) is 94.3 cm³/mol. The Hall–Kier alpha value is -0.223. The van der Waals surface area contributed by atoms with Gasteiger partial charge in [-0.15, -0.1) is 0 Å². The summed E-state index contributed by atoms with van der Waals surface area (Å²) in [5.41, 5.74) is 1.10. The minimum Gasteiger partial charge on any atom is -0.542 e. The molecule has 0 saturated carbocycles. The van der Waals surface area contributed by atoms with Crippen LogP contribution in [0.3, 0.4) is 0 Å². The van der Waals surface area contributed by atoms with Crippen molar-refractivity contribution in [1.29, 1.82) is 0 Å². The molecule has 0 radical (unpaired) electrons. The Bertz CT molecular complexity index is 482. The fourth-order valence-corrected chi connectivity index (χ4v) is 3.17. The molecule has 0 amide bonds. The summed E-state index contributed by atoms with van der Waals surface area (Å²) in [6.07, 6.45) is 2.58. The lowest BCUT2D eigenvalue weighted by molar-refractivity contribution is 0.284. The zero-order chi connectivity index (χ0) is 16.3. The van der Waals surface area contributed by atoms with E-state index in [4.69, 9.17) is 32.7 Å². The molecule has 0 aliphatic carbocycles. The SMILES string of the molecule is CC(C)(C)[Si](C)(C)Oc1cc(CCCCO)cc(Cl)c1Cl. The van der Waals surface area contributed by atoms with Crippen molar-refractivity contribution in [3.63, 3.8) is 0 Å². The zero-order valence-electron chi connectivity index (χ0n) is 13.6. The molecule has 1 aromatic rings. The summed E-state index contributed by atoms with van der Waals surface area (Å²) in [5.74, 6) is 0.690. The van der Waals surface area contributed by atoms with Gasteiger partial charge in [0.2, 0.25) is 0 Å². The maximum Gasteiger partial charge on any atom is 0.250 e. The Morgan fingerprint density at radius 1 is 1.14 bits per heavy atom. The van der Waals surface area contributed by atoms with Crippen molar-refractivity contribution >= 4 is 31.5 Å². The van der Waals surface area contributed by atoms with Crippen molar-refractivity contribution < 1.29 is 9.53 Å². The molecule has 0 atom stereocenters. The number of aryl methyl sites for hydroxylation is 1. The van der Waals surface area contributed by atoms with Gasteiger partial charge < -0.3 is 9.53 Å². The van der Waals surface area contributed by atoms with E-state index in [2.05, 4.69) is 33.9 Å². The van der Waals surface area contributed by atoms with Gasteiger partial charge in [-0.05, 0) is 55.1 Å². The largest absolute Gasteiger partial charge is 0.542 e. The second kappa shape index (κ2) is 7.36. The van der Waals surface area contributed by atoms with Gasteiger partial charge in [0.25, 0.3) is 8.32 Å². The molecule has 1 N–H and O–H groups in total. The van der Waals surface area contributed by atoms with Gasteiger partial charge in [0, 0.05) is 6.61 Å². The van der Waals surface area contributed by atoms with Crippen molar-refractivity contribution in [3.8, 4) is 5.75 Å². The van der Waals surface area contributed by atoms with E-state index in [9.17, 15) is 0 Å². The normalized spacial score (nSPS) is 12.6. The second-order valence-electron chi connectivity index (χ2n) is 6.93. The fourth-order valence-electron chi connectivity index (χ4n) is 1.70. The highest BCUT2D eigenvalue weighted by molar-refractivity contribution is 6.74. The summed E-state index contributed by atoms with van der Waals surface area (Å²) in [5, 5.41) is 10.0. The van der Waals surface area contributed by atoms with Crippen LogP contribution in [0, 0.1) is 0 Å². The van der Waals surface area contributed by atoms with Crippen LogP contribution in [0.15, 0.2) is 12.1 Å². The van der Waals surface area contributed by atoms with Crippen LogP contribution in [0.5, 0.6) is 5.75 Å². The Kier molecular flexibility index (Phi) is 6.60. The topological polar surface area (TPSA) is 29.5 Å². The summed E-state index contributed by atoms with van der Waals surface area (Å²) in [7, 11) is -1.94. The van der Waals surface area contributed by atoms with Crippen molar-refractivity contribution in [1.82, 2.24) is 0 Å². The Labute approximate surface area is 139 Å². The standard InChI is InChI=1S/C16H26Cl2O2Si/c1-16(2,3)21(4,5)20-14-11-12(8-6-7-9-19)10-13(17)15(14)18/h10-11,19H,6-9H2,1-5H3. The van der Waals surface area contributed by atoms with Crippen LogP contribution in [0.4, 0.5) is 0 Å². The number of unbranched alkanes of at least 4 members (excludes halogenated alkanes) is 1. The van der Waals surface area contributed by atoms with Gasteiger partial charge in [0.05, 0.1) is 10.0 Å². The first kappa shape index (κ1) is 18.8. The number of halogens is 2. The van der Waals surface area contributed by atoms with Crippen LogP contribution in [0.1, 0.15) is 39.2 Å². The maximum atomic E-state index is 8.87. The van der Waals surface area contributed by atoms with Crippen molar-refractivity contribution in [2.45, 2.75) is 58.2 Å². The highest BCUT2D eigenvalue weighted by atomic mass is 35.5. The lowest BCUT2D eigenvalue weighted by Crippen LogP contribution is -2.43. The Balaban J connectivity index is 3.01. The molecule has 0 unspecified atom stereocenters. The smallest absolute Gasteiger partial charge is 0.250 e. The molecule has 5 heteroatoms. The summed E-state index contributed by atoms with van der Waals surface area (Å²) in [4.78, 5) is 0. The van der Waals surface area contributed by atoms with Gasteiger partial charge in [0.15, 0.2) is 0 Å². The van der Waals surface area contributed by atoms with Crippen LogP contribution < -0.4 is 4.43 Å².